The van der Waals surface area contributed by atoms with Gasteiger partial charge in [-0.1, -0.05) is 46.8 Å². The minimum absolute atomic E-state index is 0.0464. The van der Waals surface area contributed by atoms with Crippen LogP contribution in [0.4, 0.5) is 0 Å². The molecular weight excluding hydrogens is 348 g/mol. The van der Waals surface area contributed by atoms with Gasteiger partial charge in [-0.3, -0.25) is 9.59 Å². The molecule has 146 valence electrons. The average Bonchev–Trinajstić information content (AvgIpc) is 2.83. The molecule has 0 aromatic rings. The molecule has 1 N–H and O–H groups in total. The Morgan fingerprint density at radius 3 is 2.19 bits per heavy atom. The van der Waals surface area contributed by atoms with Crippen LogP contribution >= 0.6 is 0 Å². The van der Waals surface area contributed by atoms with Crippen LogP contribution in [0.1, 0.15) is 34.6 Å². The first-order chi connectivity index (χ1) is 11.8. The van der Waals surface area contributed by atoms with Gasteiger partial charge in [0.25, 0.3) is 0 Å². The number of carbonyl (C=O) groups is 2. The molecule has 3 rings (SSSR count). The number of Topliss-reactive ketones (excluding diaryl/α,β-unsaturated/α-hetero) is 2. The Hall–Kier alpha value is -0.823. The fourth-order valence-electron chi connectivity index (χ4n) is 5.14. The summed E-state index contributed by atoms with van der Waals surface area (Å²) in [6.07, 6.45) is 2.08. The van der Waals surface area contributed by atoms with Crippen molar-refractivity contribution in [1.29, 1.82) is 0 Å². The molecule has 0 saturated heterocycles. The maximum Gasteiger partial charge on any atom is 0.192 e. The molecule has 0 heterocycles. The van der Waals surface area contributed by atoms with Crippen LogP contribution in [0.3, 0.4) is 0 Å². The molecule has 0 aliphatic heterocycles. The van der Waals surface area contributed by atoms with E-state index in [2.05, 4.69) is 33.9 Å². The molecule has 2 saturated carbocycles. The monoisotopic (exact) mass is 380 g/mol. The molecule has 0 aromatic carbocycles. The summed E-state index contributed by atoms with van der Waals surface area (Å²) in [6.45, 7) is 14.3. The van der Waals surface area contributed by atoms with Crippen molar-refractivity contribution in [1.82, 2.24) is 0 Å². The van der Waals surface area contributed by atoms with Gasteiger partial charge >= 0.3 is 0 Å². The number of ether oxygens (including phenoxy) is 1. The van der Waals surface area contributed by atoms with Crippen molar-refractivity contribution < 1.29 is 23.9 Å². The molecule has 0 amide bonds. The zero-order valence-electron chi connectivity index (χ0n) is 17.1. The van der Waals surface area contributed by atoms with E-state index in [1.54, 1.807) is 6.92 Å². The summed E-state index contributed by atoms with van der Waals surface area (Å²) < 4.78 is 12.2. The Bertz CT molecular complexity index is 678. The number of fused-ring (bicyclic) bond motifs is 1. The van der Waals surface area contributed by atoms with E-state index in [1.807, 2.05) is 19.1 Å². The molecule has 3 aliphatic carbocycles. The van der Waals surface area contributed by atoms with Gasteiger partial charge in [0.2, 0.25) is 0 Å². The lowest BCUT2D eigenvalue weighted by molar-refractivity contribution is -0.160. The van der Waals surface area contributed by atoms with Crippen LogP contribution in [0, 0.1) is 23.2 Å². The molecule has 2 bridgehead atoms. The highest BCUT2D eigenvalue weighted by molar-refractivity contribution is 6.74. The number of methoxy groups -OCH3 is 1. The predicted molar refractivity (Wildman–Crippen MR) is 101 cm³/mol. The van der Waals surface area contributed by atoms with E-state index in [4.69, 9.17) is 9.16 Å². The fourth-order valence-corrected chi connectivity index (χ4v) is 6.40. The van der Waals surface area contributed by atoms with Crippen LogP contribution < -0.4 is 0 Å². The summed E-state index contributed by atoms with van der Waals surface area (Å²) >= 11 is 0. The number of allylic oxidation sites excluding steroid dienone is 1. The Labute approximate surface area is 157 Å². The average molecular weight is 381 g/mol. The number of ketones is 2. The lowest BCUT2D eigenvalue weighted by atomic mass is 9.60. The zero-order chi connectivity index (χ0) is 19.9. The Morgan fingerprint density at radius 1 is 1.12 bits per heavy atom. The van der Waals surface area contributed by atoms with Crippen LogP contribution in [-0.4, -0.2) is 49.9 Å². The van der Waals surface area contributed by atoms with Gasteiger partial charge in [-0.25, -0.2) is 0 Å². The van der Waals surface area contributed by atoms with Crippen LogP contribution in [0.2, 0.25) is 18.1 Å². The number of aliphatic hydroxyl groups excluding tert-OH is 1. The van der Waals surface area contributed by atoms with Gasteiger partial charge in [-0.15, -0.1) is 0 Å². The molecule has 3 aliphatic rings. The van der Waals surface area contributed by atoms with Gasteiger partial charge in [0.05, 0.1) is 17.4 Å². The largest absolute Gasteiger partial charge is 0.409 e. The molecule has 0 radical (unpaired) electrons. The van der Waals surface area contributed by atoms with Crippen LogP contribution in [0.5, 0.6) is 0 Å². The highest BCUT2D eigenvalue weighted by atomic mass is 28.4. The molecule has 26 heavy (non-hydrogen) atoms. The minimum atomic E-state index is -2.22. The summed E-state index contributed by atoms with van der Waals surface area (Å²) in [7, 11) is -0.804. The summed E-state index contributed by atoms with van der Waals surface area (Å²) in [4.78, 5) is 26.8. The number of rotatable bonds is 3. The van der Waals surface area contributed by atoms with Crippen molar-refractivity contribution in [3.05, 3.63) is 12.2 Å². The van der Waals surface area contributed by atoms with Crippen molar-refractivity contribution >= 4 is 19.9 Å². The van der Waals surface area contributed by atoms with Gasteiger partial charge in [0.15, 0.2) is 25.5 Å². The summed E-state index contributed by atoms with van der Waals surface area (Å²) in [5.74, 6) is -1.65. The topological polar surface area (TPSA) is 72.8 Å². The van der Waals surface area contributed by atoms with E-state index in [0.717, 1.165) is 0 Å². The van der Waals surface area contributed by atoms with Crippen molar-refractivity contribution in [2.45, 2.75) is 70.6 Å². The number of aliphatic hydroxyl groups is 1. The highest BCUT2D eigenvalue weighted by Crippen LogP contribution is 2.65. The second-order valence-corrected chi connectivity index (χ2v) is 14.6. The van der Waals surface area contributed by atoms with Crippen molar-refractivity contribution in [3.63, 3.8) is 0 Å². The summed E-state index contributed by atoms with van der Waals surface area (Å²) in [5.41, 5.74) is -2.69. The van der Waals surface area contributed by atoms with E-state index < -0.39 is 43.4 Å². The van der Waals surface area contributed by atoms with Gasteiger partial charge in [0.1, 0.15) is 6.10 Å². The number of hydrogen-bond acceptors (Lipinski definition) is 5. The zero-order valence-corrected chi connectivity index (χ0v) is 18.1. The van der Waals surface area contributed by atoms with Crippen LogP contribution in [-0.2, 0) is 18.8 Å². The van der Waals surface area contributed by atoms with Gasteiger partial charge in [0, 0.05) is 13.0 Å². The Balaban J connectivity index is 2.17. The maximum atomic E-state index is 13.4. The summed E-state index contributed by atoms with van der Waals surface area (Å²) in [6, 6.07) is 0. The lowest BCUT2D eigenvalue weighted by Gasteiger charge is -2.49. The highest BCUT2D eigenvalue weighted by Gasteiger charge is 2.83. The van der Waals surface area contributed by atoms with E-state index in [0.29, 0.717) is 0 Å². The second-order valence-electron chi connectivity index (χ2n) is 9.80. The van der Waals surface area contributed by atoms with Gasteiger partial charge in [-0.2, -0.15) is 0 Å². The van der Waals surface area contributed by atoms with E-state index in [-0.39, 0.29) is 22.5 Å². The van der Waals surface area contributed by atoms with Crippen LogP contribution in [0.15, 0.2) is 12.2 Å². The number of carbonyl (C=O) groups excluding carboxylic acids is 2. The normalized spacial score (nSPS) is 45.3. The molecule has 2 fully saturated rings. The SMILES string of the molecule is CO[C@@]12C(=O)[C@H]3[C@@H](C)C=C[C@@H](O[Si](C)(C)C(C)(C)C)[C@]3(C(=O)[C@H]1C)[C@@H]2O. The molecule has 0 unspecified atom stereocenters. The smallest absolute Gasteiger partial charge is 0.192 e. The van der Waals surface area contributed by atoms with Crippen LogP contribution in [0.25, 0.3) is 0 Å². The molecular formula is C20H32O5Si. The van der Waals surface area contributed by atoms with Gasteiger partial charge in [-0.05, 0) is 24.1 Å². The standard InChI is InChI=1S/C20H32O5Si/c1-11-9-10-13(25-26(7,8)18(3,4)5)19-14(11)16(22)20(24-6,17(19)23)12(2)15(19)21/h9-14,17,23H,1-8H3/t11-,12+,13+,14+,17-,19-,20+/m0/s1. The fraction of sp³-hybridized carbons (Fsp3) is 0.800. The van der Waals surface area contributed by atoms with E-state index >= 15 is 0 Å². The molecule has 1 spiro atoms. The lowest BCUT2D eigenvalue weighted by Crippen LogP contribution is -2.59. The maximum absolute atomic E-state index is 13.4. The first kappa shape index (κ1) is 19.9. The van der Waals surface area contributed by atoms with E-state index in [9.17, 15) is 14.7 Å². The molecule has 5 nitrogen and oxygen atoms in total. The van der Waals surface area contributed by atoms with Gasteiger partial charge < -0.3 is 14.3 Å². The van der Waals surface area contributed by atoms with Crippen molar-refractivity contribution in [2.75, 3.05) is 7.11 Å². The summed E-state index contributed by atoms with van der Waals surface area (Å²) in [5, 5.41) is 11.3. The van der Waals surface area contributed by atoms with Crippen molar-refractivity contribution in [2.24, 2.45) is 23.2 Å². The third-order valence-corrected chi connectivity index (χ3v) is 12.1. The molecule has 0 aromatic heterocycles. The first-order valence-electron chi connectivity index (χ1n) is 9.48. The third kappa shape index (κ3) is 2.02. The Kier molecular flexibility index (Phi) is 4.29. The minimum Gasteiger partial charge on any atom is -0.409 e. The van der Waals surface area contributed by atoms with Crippen molar-refractivity contribution in [3.8, 4) is 0 Å². The number of hydrogen-bond donors (Lipinski definition) is 1. The second kappa shape index (κ2) is 5.60. The third-order valence-electron chi connectivity index (χ3n) is 7.66. The molecule has 6 heteroatoms. The predicted octanol–water partition coefficient (Wildman–Crippen LogP) is 2.73. The first-order valence-corrected chi connectivity index (χ1v) is 12.4. The Morgan fingerprint density at radius 2 is 1.69 bits per heavy atom. The quantitative estimate of drug-likeness (QED) is 0.602. The molecule has 7 atom stereocenters. The van der Waals surface area contributed by atoms with E-state index in [1.165, 1.54) is 7.11 Å².